The molecule has 0 heterocycles. The summed E-state index contributed by atoms with van der Waals surface area (Å²) in [5.41, 5.74) is 0. The van der Waals surface area contributed by atoms with Crippen molar-refractivity contribution in [1.29, 1.82) is 0 Å². The number of amides is 2. The molecule has 0 unspecified atom stereocenters. The first-order chi connectivity index (χ1) is 7.49. The highest BCUT2D eigenvalue weighted by Crippen LogP contribution is 2.25. The summed E-state index contributed by atoms with van der Waals surface area (Å²) in [6, 6.07) is -0.0811. The number of nitrogens with one attached hydrogen (secondary N) is 2. The molecule has 2 atom stereocenters. The van der Waals surface area contributed by atoms with Crippen LogP contribution in [0.1, 0.15) is 26.2 Å². The Morgan fingerprint density at radius 3 is 2.50 bits per heavy atom. The Morgan fingerprint density at radius 2 is 2.00 bits per heavy atom. The summed E-state index contributed by atoms with van der Waals surface area (Å²) >= 11 is 0. The van der Waals surface area contributed by atoms with Crippen LogP contribution in [0.25, 0.3) is 0 Å². The molecule has 2 amide bonds. The molecule has 0 aromatic rings. The topological polar surface area (TPSA) is 95.5 Å². The van der Waals surface area contributed by atoms with E-state index in [1.807, 2.05) is 0 Å². The summed E-state index contributed by atoms with van der Waals surface area (Å²) in [6.07, 6.45) is 1.75. The molecule has 16 heavy (non-hydrogen) atoms. The van der Waals surface area contributed by atoms with E-state index in [2.05, 4.69) is 10.6 Å². The van der Waals surface area contributed by atoms with Crippen molar-refractivity contribution in [2.45, 2.75) is 32.2 Å². The summed E-state index contributed by atoms with van der Waals surface area (Å²) < 4.78 is 0. The molecule has 1 rings (SSSR count). The second kappa shape index (κ2) is 5.48. The van der Waals surface area contributed by atoms with Gasteiger partial charge in [-0.2, -0.15) is 0 Å². The lowest BCUT2D eigenvalue weighted by molar-refractivity contribution is -0.141. The van der Waals surface area contributed by atoms with Gasteiger partial charge in [-0.1, -0.05) is 0 Å². The number of rotatable bonds is 4. The Morgan fingerprint density at radius 1 is 1.31 bits per heavy atom. The lowest BCUT2D eigenvalue weighted by atomic mass is 10.1. The molecule has 1 fully saturated rings. The molecule has 0 saturated heterocycles. The quantitative estimate of drug-likeness (QED) is 0.604. The highest BCUT2D eigenvalue weighted by Gasteiger charge is 2.30. The van der Waals surface area contributed by atoms with E-state index in [-0.39, 0.29) is 30.3 Å². The van der Waals surface area contributed by atoms with Gasteiger partial charge in [-0.25, -0.2) is 0 Å². The van der Waals surface area contributed by atoms with Crippen LogP contribution in [0.3, 0.4) is 0 Å². The van der Waals surface area contributed by atoms with Crippen molar-refractivity contribution in [2.24, 2.45) is 5.92 Å². The van der Waals surface area contributed by atoms with E-state index in [4.69, 9.17) is 5.11 Å². The van der Waals surface area contributed by atoms with Crippen LogP contribution >= 0.6 is 0 Å². The molecule has 0 aromatic heterocycles. The second-order valence-corrected chi connectivity index (χ2v) is 4.02. The van der Waals surface area contributed by atoms with E-state index in [0.29, 0.717) is 19.3 Å². The monoisotopic (exact) mass is 228 g/mol. The largest absolute Gasteiger partial charge is 0.481 e. The second-order valence-electron chi connectivity index (χ2n) is 4.02. The average Bonchev–Trinajstić information content (AvgIpc) is 2.63. The molecular formula is C10H16N2O4. The van der Waals surface area contributed by atoms with E-state index >= 15 is 0 Å². The fraction of sp³-hybridized carbons (Fsp3) is 0.700. The Balaban J connectivity index is 2.26. The summed E-state index contributed by atoms with van der Waals surface area (Å²) in [6.45, 7) is 1.28. The number of carboxylic acids is 1. The molecule has 0 radical (unpaired) electrons. The zero-order valence-corrected chi connectivity index (χ0v) is 9.16. The lowest BCUT2D eigenvalue weighted by Crippen LogP contribution is -2.40. The molecule has 0 bridgehead atoms. The molecule has 3 N–H and O–H groups in total. The minimum Gasteiger partial charge on any atom is -0.481 e. The number of hydrogen-bond donors (Lipinski definition) is 3. The van der Waals surface area contributed by atoms with Crippen LogP contribution in [-0.4, -0.2) is 35.5 Å². The molecule has 1 saturated carbocycles. The van der Waals surface area contributed by atoms with Crippen LogP contribution in [0.4, 0.5) is 0 Å². The smallest absolute Gasteiger partial charge is 0.306 e. The molecule has 1 aliphatic carbocycles. The Labute approximate surface area is 93.4 Å². The van der Waals surface area contributed by atoms with Crippen molar-refractivity contribution < 1.29 is 19.5 Å². The molecule has 0 aliphatic heterocycles. The van der Waals surface area contributed by atoms with E-state index in [1.165, 1.54) is 6.92 Å². The normalized spacial score (nSPS) is 23.8. The average molecular weight is 228 g/mol. The molecule has 0 spiro atoms. The minimum atomic E-state index is -0.807. The number of carbonyl (C=O) groups is 3. The van der Waals surface area contributed by atoms with Gasteiger partial charge in [-0.3, -0.25) is 14.4 Å². The maximum atomic E-state index is 11.3. The van der Waals surface area contributed by atoms with Crippen molar-refractivity contribution in [2.75, 3.05) is 6.54 Å². The van der Waals surface area contributed by atoms with E-state index < -0.39 is 5.97 Å². The lowest BCUT2D eigenvalue weighted by Gasteiger charge is -2.12. The Hall–Kier alpha value is -1.59. The summed E-state index contributed by atoms with van der Waals surface area (Å²) in [5.74, 6) is -1.69. The number of carbonyl (C=O) groups excluding carboxylic acids is 2. The molecule has 6 nitrogen and oxygen atoms in total. The van der Waals surface area contributed by atoms with Crippen molar-refractivity contribution in [3.05, 3.63) is 0 Å². The van der Waals surface area contributed by atoms with Gasteiger partial charge in [-0.15, -0.1) is 0 Å². The zero-order chi connectivity index (χ0) is 12.1. The highest BCUT2D eigenvalue weighted by atomic mass is 16.4. The van der Waals surface area contributed by atoms with Crippen LogP contribution < -0.4 is 10.6 Å². The first-order valence-electron chi connectivity index (χ1n) is 5.25. The summed E-state index contributed by atoms with van der Waals surface area (Å²) in [7, 11) is 0. The van der Waals surface area contributed by atoms with Crippen LogP contribution in [0, 0.1) is 5.92 Å². The molecule has 0 aromatic carbocycles. The van der Waals surface area contributed by atoms with Gasteiger partial charge in [0.25, 0.3) is 0 Å². The SMILES string of the molecule is CC(=O)NCC(=O)N[C@H]1CC[C@@H](C(=O)O)C1. The number of carboxylic acid groups (broad SMARTS) is 1. The standard InChI is InChI=1S/C10H16N2O4/c1-6(13)11-5-9(14)12-8-3-2-7(4-8)10(15)16/h7-8H,2-5H2,1H3,(H,11,13)(H,12,14)(H,15,16)/t7-,8+/m1/s1. The van der Waals surface area contributed by atoms with Gasteiger partial charge in [0.2, 0.25) is 11.8 Å². The van der Waals surface area contributed by atoms with E-state index in [0.717, 1.165) is 0 Å². The Kier molecular flexibility index (Phi) is 4.28. The molecule has 1 aliphatic rings. The predicted molar refractivity (Wildman–Crippen MR) is 55.6 cm³/mol. The van der Waals surface area contributed by atoms with Gasteiger partial charge in [-0.05, 0) is 19.3 Å². The van der Waals surface area contributed by atoms with E-state index in [1.54, 1.807) is 0 Å². The third-order valence-corrected chi connectivity index (χ3v) is 2.64. The zero-order valence-electron chi connectivity index (χ0n) is 9.16. The summed E-state index contributed by atoms with van der Waals surface area (Å²) in [4.78, 5) is 32.5. The van der Waals surface area contributed by atoms with Crippen molar-refractivity contribution in [1.82, 2.24) is 10.6 Å². The van der Waals surface area contributed by atoms with Gasteiger partial charge in [0, 0.05) is 13.0 Å². The number of hydrogen-bond acceptors (Lipinski definition) is 3. The van der Waals surface area contributed by atoms with Crippen molar-refractivity contribution in [3.8, 4) is 0 Å². The minimum absolute atomic E-state index is 0.0520. The molecular weight excluding hydrogens is 212 g/mol. The predicted octanol–water partition coefficient (Wildman–Crippen LogP) is -0.508. The van der Waals surface area contributed by atoms with Crippen LogP contribution in [0.5, 0.6) is 0 Å². The number of aliphatic carboxylic acids is 1. The van der Waals surface area contributed by atoms with Crippen LogP contribution in [0.15, 0.2) is 0 Å². The maximum absolute atomic E-state index is 11.3. The fourth-order valence-corrected chi connectivity index (χ4v) is 1.82. The van der Waals surface area contributed by atoms with Gasteiger partial charge in [0.15, 0.2) is 0 Å². The molecule has 90 valence electrons. The van der Waals surface area contributed by atoms with Gasteiger partial charge < -0.3 is 15.7 Å². The fourth-order valence-electron chi connectivity index (χ4n) is 1.82. The van der Waals surface area contributed by atoms with Gasteiger partial charge >= 0.3 is 5.97 Å². The Bertz CT molecular complexity index is 303. The van der Waals surface area contributed by atoms with Crippen LogP contribution in [0.2, 0.25) is 0 Å². The first kappa shape index (κ1) is 12.5. The third kappa shape index (κ3) is 3.88. The van der Waals surface area contributed by atoms with Crippen molar-refractivity contribution >= 4 is 17.8 Å². The maximum Gasteiger partial charge on any atom is 0.306 e. The third-order valence-electron chi connectivity index (χ3n) is 2.64. The van der Waals surface area contributed by atoms with Crippen LogP contribution in [-0.2, 0) is 14.4 Å². The van der Waals surface area contributed by atoms with E-state index in [9.17, 15) is 14.4 Å². The molecule has 6 heteroatoms. The first-order valence-corrected chi connectivity index (χ1v) is 5.25. The highest BCUT2D eigenvalue weighted by molar-refractivity contribution is 5.83. The summed E-state index contributed by atoms with van der Waals surface area (Å²) in [5, 5.41) is 13.9. The van der Waals surface area contributed by atoms with Gasteiger partial charge in [0.05, 0.1) is 12.5 Å². The van der Waals surface area contributed by atoms with Crippen molar-refractivity contribution in [3.63, 3.8) is 0 Å². The van der Waals surface area contributed by atoms with Gasteiger partial charge in [0.1, 0.15) is 0 Å².